The van der Waals surface area contributed by atoms with Crippen LogP contribution in [0, 0.1) is 0 Å². The van der Waals surface area contributed by atoms with Crippen LogP contribution in [0.15, 0.2) is 48.0 Å². The van der Waals surface area contributed by atoms with Crippen LogP contribution < -0.4 is 0 Å². The predicted octanol–water partition coefficient (Wildman–Crippen LogP) is 4.25. The molecule has 120 valence electrons. The van der Waals surface area contributed by atoms with Crippen LogP contribution >= 0.6 is 0 Å². The summed E-state index contributed by atoms with van der Waals surface area (Å²) in [4.78, 5) is 0. The van der Waals surface area contributed by atoms with Crippen molar-refractivity contribution < 1.29 is 14.9 Å². The van der Waals surface area contributed by atoms with Gasteiger partial charge < -0.3 is 14.9 Å². The molecule has 0 heterocycles. The highest BCUT2D eigenvalue weighted by atomic mass is 16.5. The first kappa shape index (κ1) is 19.7. The molecule has 0 fully saturated rings. The topological polar surface area (TPSA) is 49.7 Å². The number of hydrogen-bond donors (Lipinski definition) is 2. The summed E-state index contributed by atoms with van der Waals surface area (Å²) in [7, 11) is 0. The van der Waals surface area contributed by atoms with E-state index < -0.39 is 12.2 Å². The smallest absolute Gasteiger partial charge is 0.0934 e. The maximum absolute atomic E-state index is 9.48. The van der Waals surface area contributed by atoms with Gasteiger partial charge in [-0.25, -0.2) is 0 Å². The molecular formula is C18H30O3. The first-order valence-electron chi connectivity index (χ1n) is 7.72. The molecule has 0 aromatic carbocycles. The van der Waals surface area contributed by atoms with Crippen molar-refractivity contribution in [3.8, 4) is 0 Å². The van der Waals surface area contributed by atoms with Gasteiger partial charge in [-0.1, -0.05) is 38.2 Å². The predicted molar refractivity (Wildman–Crippen MR) is 88.7 cm³/mol. The number of ether oxygens (including phenoxy) is 1. The molecule has 0 saturated carbocycles. The minimum absolute atomic E-state index is 0.401. The van der Waals surface area contributed by atoms with E-state index in [4.69, 9.17) is 4.74 Å². The summed E-state index contributed by atoms with van der Waals surface area (Å²) < 4.78 is 5.51. The Kier molecular flexibility index (Phi) is 11.6. The summed E-state index contributed by atoms with van der Waals surface area (Å²) in [5.41, 5.74) is 1.89. The molecule has 3 nitrogen and oxygen atoms in total. The van der Waals surface area contributed by atoms with Crippen molar-refractivity contribution in [2.24, 2.45) is 0 Å². The zero-order chi connectivity index (χ0) is 16.1. The molecule has 0 spiro atoms. The van der Waals surface area contributed by atoms with Crippen molar-refractivity contribution in [2.75, 3.05) is 0 Å². The molecule has 0 bridgehead atoms. The van der Waals surface area contributed by atoms with Gasteiger partial charge in [-0.3, -0.25) is 0 Å². The summed E-state index contributed by atoms with van der Waals surface area (Å²) in [6.07, 6.45) is 13.5. The molecule has 2 unspecified atom stereocenters. The Labute approximate surface area is 129 Å². The van der Waals surface area contributed by atoms with Crippen molar-refractivity contribution >= 4 is 0 Å². The number of rotatable bonds is 10. The average molecular weight is 294 g/mol. The lowest BCUT2D eigenvalue weighted by molar-refractivity contribution is 0.194. The van der Waals surface area contributed by atoms with Crippen LogP contribution in [0.25, 0.3) is 0 Å². The lowest BCUT2D eigenvalue weighted by Gasteiger charge is -2.07. The average Bonchev–Trinajstić information content (AvgIpc) is 2.40. The fourth-order valence-corrected chi connectivity index (χ4v) is 1.74. The Morgan fingerprint density at radius 1 is 0.857 bits per heavy atom. The van der Waals surface area contributed by atoms with Crippen LogP contribution in [0.5, 0.6) is 0 Å². The van der Waals surface area contributed by atoms with E-state index in [1.165, 1.54) is 0 Å². The largest absolute Gasteiger partial charge is 0.472 e. The third-order valence-corrected chi connectivity index (χ3v) is 2.64. The third-order valence-electron chi connectivity index (χ3n) is 2.64. The lowest BCUT2D eigenvalue weighted by Crippen LogP contribution is -2.01. The minimum Gasteiger partial charge on any atom is -0.472 e. The molecule has 0 aromatic heterocycles. The highest BCUT2D eigenvalue weighted by Gasteiger charge is 2.01. The van der Waals surface area contributed by atoms with Crippen molar-refractivity contribution in [2.45, 2.75) is 65.6 Å². The van der Waals surface area contributed by atoms with Crippen LogP contribution in [0.4, 0.5) is 0 Å². The molecular weight excluding hydrogens is 264 g/mol. The molecule has 3 heteroatoms. The van der Waals surface area contributed by atoms with Crippen LogP contribution in [-0.2, 0) is 4.74 Å². The number of hydrogen-bond acceptors (Lipinski definition) is 3. The molecule has 0 saturated heterocycles. The fourth-order valence-electron chi connectivity index (χ4n) is 1.74. The second kappa shape index (κ2) is 12.4. The zero-order valence-electron chi connectivity index (χ0n) is 13.7. The molecule has 0 aromatic rings. The number of aliphatic hydroxyl groups is 2. The molecule has 0 aliphatic rings. The maximum Gasteiger partial charge on any atom is 0.0934 e. The SMILES string of the molecule is CCC=CC(=COC=C(C=CCC)CC(C)O)CC(C)O. The standard InChI is InChI=1S/C18H30O3/c1-5-7-9-17(11-15(3)19)13-21-14-18(10-8-6-2)12-16(4)20/h7-10,13-16,19-20H,5-6,11-12H2,1-4H3. The van der Waals surface area contributed by atoms with Crippen LogP contribution in [0.3, 0.4) is 0 Å². The van der Waals surface area contributed by atoms with E-state index in [2.05, 4.69) is 13.8 Å². The van der Waals surface area contributed by atoms with Crippen molar-refractivity contribution in [3.63, 3.8) is 0 Å². The second-order valence-electron chi connectivity index (χ2n) is 5.25. The highest BCUT2D eigenvalue weighted by molar-refractivity contribution is 5.20. The first-order chi connectivity index (χ1) is 9.99. The minimum atomic E-state index is -0.401. The lowest BCUT2D eigenvalue weighted by atomic mass is 10.1. The monoisotopic (exact) mass is 294 g/mol. The van der Waals surface area contributed by atoms with Gasteiger partial charge in [-0.05, 0) is 37.8 Å². The van der Waals surface area contributed by atoms with Gasteiger partial charge in [0.05, 0.1) is 24.7 Å². The summed E-state index contributed by atoms with van der Waals surface area (Å²) in [6.45, 7) is 7.64. The summed E-state index contributed by atoms with van der Waals surface area (Å²) in [5.74, 6) is 0. The molecule has 0 radical (unpaired) electrons. The van der Waals surface area contributed by atoms with Gasteiger partial charge in [-0.15, -0.1) is 0 Å². The second-order valence-corrected chi connectivity index (χ2v) is 5.25. The van der Waals surface area contributed by atoms with Crippen molar-refractivity contribution in [3.05, 3.63) is 48.0 Å². The summed E-state index contributed by atoms with van der Waals surface area (Å²) in [5, 5.41) is 19.0. The van der Waals surface area contributed by atoms with E-state index in [0.29, 0.717) is 12.8 Å². The van der Waals surface area contributed by atoms with Gasteiger partial charge in [0.2, 0.25) is 0 Å². The van der Waals surface area contributed by atoms with Gasteiger partial charge in [0.25, 0.3) is 0 Å². The van der Waals surface area contributed by atoms with E-state index in [0.717, 1.165) is 24.0 Å². The number of aliphatic hydroxyl groups excluding tert-OH is 2. The summed E-state index contributed by atoms with van der Waals surface area (Å²) >= 11 is 0. The normalized spacial score (nSPS) is 16.7. The van der Waals surface area contributed by atoms with E-state index in [1.54, 1.807) is 26.4 Å². The van der Waals surface area contributed by atoms with Gasteiger partial charge >= 0.3 is 0 Å². The maximum atomic E-state index is 9.48. The Balaban J connectivity index is 4.82. The quantitative estimate of drug-likeness (QED) is 0.468. The Morgan fingerprint density at radius 2 is 1.24 bits per heavy atom. The molecule has 0 rings (SSSR count). The van der Waals surface area contributed by atoms with E-state index in [-0.39, 0.29) is 0 Å². The van der Waals surface area contributed by atoms with Gasteiger partial charge in [0, 0.05) is 12.8 Å². The van der Waals surface area contributed by atoms with E-state index >= 15 is 0 Å². The molecule has 0 amide bonds. The summed E-state index contributed by atoms with van der Waals surface area (Å²) in [6, 6.07) is 0. The molecule has 2 N–H and O–H groups in total. The molecule has 0 aliphatic carbocycles. The van der Waals surface area contributed by atoms with Gasteiger partial charge in [0.1, 0.15) is 0 Å². The number of allylic oxidation sites excluding steroid dienone is 4. The molecule has 21 heavy (non-hydrogen) atoms. The van der Waals surface area contributed by atoms with Crippen LogP contribution in [-0.4, -0.2) is 22.4 Å². The zero-order valence-corrected chi connectivity index (χ0v) is 13.7. The molecule has 2 atom stereocenters. The van der Waals surface area contributed by atoms with E-state index in [1.807, 2.05) is 24.3 Å². The van der Waals surface area contributed by atoms with Crippen molar-refractivity contribution in [1.29, 1.82) is 0 Å². The Morgan fingerprint density at radius 3 is 1.52 bits per heavy atom. The van der Waals surface area contributed by atoms with Crippen LogP contribution in [0.2, 0.25) is 0 Å². The Bertz CT molecular complexity index is 338. The Hall–Kier alpha value is -1.32. The van der Waals surface area contributed by atoms with E-state index in [9.17, 15) is 10.2 Å². The van der Waals surface area contributed by atoms with Crippen LogP contribution in [0.1, 0.15) is 53.4 Å². The third kappa shape index (κ3) is 12.2. The fraction of sp³-hybridized carbons (Fsp3) is 0.556. The molecule has 0 aliphatic heterocycles. The highest BCUT2D eigenvalue weighted by Crippen LogP contribution is 2.11. The van der Waals surface area contributed by atoms with Crippen molar-refractivity contribution in [1.82, 2.24) is 0 Å². The van der Waals surface area contributed by atoms with Gasteiger partial charge in [-0.2, -0.15) is 0 Å². The van der Waals surface area contributed by atoms with Gasteiger partial charge in [0.15, 0.2) is 0 Å². The first-order valence-corrected chi connectivity index (χ1v) is 7.72.